The van der Waals surface area contributed by atoms with Crippen molar-refractivity contribution in [1.82, 2.24) is 10.6 Å². The molecular weight excluding hydrogens is 350 g/mol. The highest BCUT2D eigenvalue weighted by molar-refractivity contribution is 5.95. The first kappa shape index (κ1) is 19.2. The number of anilines is 1. The number of fused-ring (bicyclic) bond motifs is 1. The van der Waals surface area contributed by atoms with Crippen molar-refractivity contribution >= 4 is 29.9 Å². The van der Waals surface area contributed by atoms with Gasteiger partial charge in [-0.05, 0) is 49.3 Å². The van der Waals surface area contributed by atoms with E-state index in [-0.39, 0.29) is 30.3 Å². The summed E-state index contributed by atoms with van der Waals surface area (Å²) in [5.41, 5.74) is 1.99. The summed E-state index contributed by atoms with van der Waals surface area (Å²) in [7, 11) is 0. The normalized spacial score (nSPS) is 27.8. The second-order valence-corrected chi connectivity index (χ2v) is 7.64. The van der Waals surface area contributed by atoms with Gasteiger partial charge in [0.05, 0.1) is 6.04 Å². The molecule has 0 radical (unpaired) electrons. The topological polar surface area (TPSA) is 61.4 Å². The van der Waals surface area contributed by atoms with Gasteiger partial charge in [-0.2, -0.15) is 0 Å². The molecule has 2 N–H and O–H groups in total. The molecule has 2 saturated heterocycles. The minimum absolute atomic E-state index is 0. The summed E-state index contributed by atoms with van der Waals surface area (Å²) < 4.78 is 0. The highest BCUT2D eigenvalue weighted by atomic mass is 35.5. The predicted molar refractivity (Wildman–Crippen MR) is 104 cm³/mol. The van der Waals surface area contributed by atoms with Crippen LogP contribution in [-0.2, 0) is 16.1 Å². The number of nitrogens with one attached hydrogen (secondary N) is 2. The molecule has 1 saturated carbocycles. The Morgan fingerprint density at radius 2 is 2.08 bits per heavy atom. The maximum Gasteiger partial charge on any atom is 0.237 e. The number of amides is 2. The lowest BCUT2D eigenvalue weighted by atomic mass is 9.85. The average molecular weight is 378 g/mol. The summed E-state index contributed by atoms with van der Waals surface area (Å²) in [5.74, 6) is 0.977. The Morgan fingerprint density at radius 1 is 1.23 bits per heavy atom. The van der Waals surface area contributed by atoms with E-state index >= 15 is 0 Å². The third kappa shape index (κ3) is 4.04. The van der Waals surface area contributed by atoms with Gasteiger partial charge < -0.3 is 15.5 Å². The SMILES string of the molecule is Cl.O=C(NCc1cccc(N2CCCC2=O)c1)C1CC2CCCCC2N1. The van der Waals surface area contributed by atoms with Crippen molar-refractivity contribution in [2.45, 2.75) is 63.6 Å². The lowest BCUT2D eigenvalue weighted by Gasteiger charge is -2.24. The number of rotatable bonds is 4. The minimum atomic E-state index is -0.0450. The van der Waals surface area contributed by atoms with Crippen LogP contribution in [0.25, 0.3) is 0 Å². The Bertz CT molecular complexity index is 652. The molecule has 26 heavy (non-hydrogen) atoms. The van der Waals surface area contributed by atoms with Crippen LogP contribution in [0.1, 0.15) is 50.5 Å². The molecule has 2 heterocycles. The highest BCUT2D eigenvalue weighted by Gasteiger charge is 2.38. The van der Waals surface area contributed by atoms with Gasteiger partial charge in [0.2, 0.25) is 11.8 Å². The number of hydrogen-bond donors (Lipinski definition) is 2. The van der Waals surface area contributed by atoms with E-state index in [1.165, 1.54) is 25.7 Å². The van der Waals surface area contributed by atoms with E-state index in [1.807, 2.05) is 29.2 Å². The maximum absolute atomic E-state index is 12.5. The molecule has 2 aliphatic heterocycles. The summed E-state index contributed by atoms with van der Waals surface area (Å²) in [5, 5.41) is 6.60. The molecule has 5 nitrogen and oxygen atoms in total. The van der Waals surface area contributed by atoms with Gasteiger partial charge in [-0.15, -0.1) is 12.4 Å². The molecule has 3 fully saturated rings. The van der Waals surface area contributed by atoms with Gasteiger partial charge in [-0.3, -0.25) is 9.59 Å². The Labute approximate surface area is 161 Å². The third-order valence-electron chi connectivity index (χ3n) is 5.94. The molecule has 3 atom stereocenters. The van der Waals surface area contributed by atoms with Crippen molar-refractivity contribution in [3.8, 4) is 0 Å². The van der Waals surface area contributed by atoms with Gasteiger partial charge in [0.15, 0.2) is 0 Å². The number of halogens is 1. The molecular formula is C20H28ClN3O2. The zero-order chi connectivity index (χ0) is 17.2. The van der Waals surface area contributed by atoms with E-state index in [2.05, 4.69) is 10.6 Å². The largest absolute Gasteiger partial charge is 0.351 e. The quantitative estimate of drug-likeness (QED) is 0.848. The Kier molecular flexibility index (Phi) is 6.20. The van der Waals surface area contributed by atoms with E-state index in [1.54, 1.807) is 0 Å². The standard InChI is InChI=1S/C20H27N3O2.ClH/c24-19-9-4-10-23(19)16-7-3-5-14(11-16)13-21-20(25)18-12-15-6-1-2-8-17(15)22-18;/h3,5,7,11,15,17-18,22H,1-2,4,6,8-10,12-13H2,(H,21,25);1H. The van der Waals surface area contributed by atoms with Crippen molar-refractivity contribution in [3.05, 3.63) is 29.8 Å². The second kappa shape index (κ2) is 8.40. The molecule has 0 spiro atoms. The van der Waals surface area contributed by atoms with Crippen LogP contribution in [0.15, 0.2) is 24.3 Å². The molecule has 1 aromatic rings. The van der Waals surface area contributed by atoms with Crippen molar-refractivity contribution < 1.29 is 9.59 Å². The smallest absolute Gasteiger partial charge is 0.237 e. The number of carbonyl (C=O) groups excluding carboxylic acids is 2. The Balaban J connectivity index is 0.00000196. The zero-order valence-corrected chi connectivity index (χ0v) is 15.9. The molecule has 0 aromatic heterocycles. The minimum Gasteiger partial charge on any atom is -0.351 e. The van der Waals surface area contributed by atoms with Crippen LogP contribution in [0.2, 0.25) is 0 Å². The molecule has 4 rings (SSSR count). The van der Waals surface area contributed by atoms with Gasteiger partial charge in [0.1, 0.15) is 0 Å². The van der Waals surface area contributed by atoms with Gasteiger partial charge in [-0.25, -0.2) is 0 Å². The van der Waals surface area contributed by atoms with Gasteiger partial charge in [0, 0.05) is 31.2 Å². The summed E-state index contributed by atoms with van der Waals surface area (Å²) in [6.07, 6.45) is 7.59. The van der Waals surface area contributed by atoms with Gasteiger partial charge in [0.25, 0.3) is 0 Å². The van der Waals surface area contributed by atoms with Crippen molar-refractivity contribution in [2.24, 2.45) is 5.92 Å². The van der Waals surface area contributed by atoms with Crippen molar-refractivity contribution in [2.75, 3.05) is 11.4 Å². The summed E-state index contributed by atoms with van der Waals surface area (Å²) >= 11 is 0. The van der Waals surface area contributed by atoms with E-state index in [4.69, 9.17) is 0 Å². The number of nitrogens with zero attached hydrogens (tertiary/aromatic N) is 1. The Morgan fingerprint density at radius 3 is 2.85 bits per heavy atom. The monoisotopic (exact) mass is 377 g/mol. The molecule has 2 amide bonds. The van der Waals surface area contributed by atoms with Crippen LogP contribution in [0.3, 0.4) is 0 Å². The molecule has 1 aliphatic carbocycles. The molecule has 1 aromatic carbocycles. The van der Waals surface area contributed by atoms with E-state index in [0.29, 0.717) is 24.9 Å². The number of carbonyl (C=O) groups is 2. The summed E-state index contributed by atoms with van der Waals surface area (Å²) in [4.78, 5) is 26.3. The number of hydrogen-bond acceptors (Lipinski definition) is 3. The predicted octanol–water partition coefficient (Wildman–Crippen LogP) is 2.77. The summed E-state index contributed by atoms with van der Waals surface area (Å²) in [6, 6.07) is 8.45. The van der Waals surface area contributed by atoms with Gasteiger partial charge in [-0.1, -0.05) is 25.0 Å². The molecule has 0 bridgehead atoms. The van der Waals surface area contributed by atoms with Crippen LogP contribution < -0.4 is 15.5 Å². The zero-order valence-electron chi connectivity index (χ0n) is 15.1. The van der Waals surface area contributed by atoms with Crippen LogP contribution >= 0.6 is 12.4 Å². The number of benzene rings is 1. The first-order chi connectivity index (χ1) is 12.2. The van der Waals surface area contributed by atoms with Crippen molar-refractivity contribution in [3.63, 3.8) is 0 Å². The lowest BCUT2D eigenvalue weighted by molar-refractivity contribution is -0.123. The molecule has 3 aliphatic rings. The summed E-state index contributed by atoms with van der Waals surface area (Å²) in [6.45, 7) is 1.31. The van der Waals surface area contributed by atoms with Crippen LogP contribution in [0, 0.1) is 5.92 Å². The molecule has 3 unspecified atom stereocenters. The first-order valence-electron chi connectivity index (χ1n) is 9.64. The fourth-order valence-corrected chi connectivity index (χ4v) is 4.59. The maximum atomic E-state index is 12.5. The molecule has 142 valence electrons. The molecule has 6 heteroatoms. The van der Waals surface area contributed by atoms with E-state index in [9.17, 15) is 9.59 Å². The van der Waals surface area contributed by atoms with Crippen LogP contribution in [0.5, 0.6) is 0 Å². The van der Waals surface area contributed by atoms with Gasteiger partial charge >= 0.3 is 0 Å². The van der Waals surface area contributed by atoms with Crippen LogP contribution in [0.4, 0.5) is 5.69 Å². The lowest BCUT2D eigenvalue weighted by Crippen LogP contribution is -2.42. The van der Waals surface area contributed by atoms with E-state index in [0.717, 1.165) is 30.6 Å². The highest BCUT2D eigenvalue weighted by Crippen LogP contribution is 2.33. The average Bonchev–Trinajstić information content (AvgIpc) is 3.26. The third-order valence-corrected chi connectivity index (χ3v) is 5.94. The fourth-order valence-electron chi connectivity index (χ4n) is 4.59. The first-order valence-corrected chi connectivity index (χ1v) is 9.64. The Hall–Kier alpha value is -1.59. The van der Waals surface area contributed by atoms with Crippen molar-refractivity contribution in [1.29, 1.82) is 0 Å². The fraction of sp³-hybridized carbons (Fsp3) is 0.600. The van der Waals surface area contributed by atoms with E-state index < -0.39 is 0 Å². The second-order valence-electron chi connectivity index (χ2n) is 7.64. The van der Waals surface area contributed by atoms with Crippen LogP contribution in [-0.4, -0.2) is 30.4 Å².